The summed E-state index contributed by atoms with van der Waals surface area (Å²) in [4.78, 5) is 110. The average Bonchev–Trinajstić information content (AvgIpc) is 4.11. The number of aromatic nitrogens is 2. The number of ether oxygens (including phenoxy) is 5. The third-order valence-corrected chi connectivity index (χ3v) is 14.4. The van der Waals surface area contributed by atoms with Crippen LogP contribution in [0.2, 0.25) is 0 Å². The van der Waals surface area contributed by atoms with Crippen molar-refractivity contribution in [2.45, 2.75) is 89.2 Å². The van der Waals surface area contributed by atoms with Crippen LogP contribution in [-0.4, -0.2) is 176 Å². The Morgan fingerprint density at radius 2 is 1.69 bits per heavy atom. The Bertz CT molecular complexity index is 3290. The SMILES string of the molecule is CCc1c2c(nc3ccc(OCN(CCS(C)(=O)=O)C(=O)OCc4ccc(OC5O[C@H](C(=O)O)[C@@H](O)[C@H](O)[C@H]5O)c(NC(=O)CN(C)C(=O)CCN5C(=O)C=CC5=O)c4)cc13)-c1cc3c(c(=O)n1C2)COC(=O)[C@]3(O)CC. The molecule has 4 aromatic rings. The first-order valence-electron chi connectivity index (χ1n) is 24.1. The third kappa shape index (κ3) is 11.4. The molecule has 77 heavy (non-hydrogen) atoms. The van der Waals surface area contributed by atoms with Gasteiger partial charge in [-0.05, 0) is 60.4 Å². The van der Waals surface area contributed by atoms with Gasteiger partial charge in [0.05, 0.1) is 47.0 Å². The fourth-order valence-corrected chi connectivity index (χ4v) is 9.74. The van der Waals surface area contributed by atoms with Gasteiger partial charge in [-0.15, -0.1) is 0 Å². The minimum Gasteiger partial charge on any atom is -0.479 e. The monoisotopic (exact) mass is 1090 g/mol. The summed E-state index contributed by atoms with van der Waals surface area (Å²) in [5.74, 6) is -5.75. The minimum atomic E-state index is -3.64. The number of aliphatic hydroxyl groups is 4. The van der Waals surface area contributed by atoms with Gasteiger partial charge in [-0.25, -0.2) is 27.8 Å². The molecule has 6 N–H and O–H groups in total. The number of carbonyl (C=O) groups is 7. The largest absolute Gasteiger partial charge is 0.479 e. The molecular formula is C50H54N6O20S. The summed E-state index contributed by atoms with van der Waals surface area (Å²) in [7, 11) is -2.36. The topological polar surface area (TPSA) is 358 Å². The molecule has 1 unspecified atom stereocenters. The number of carboxylic acid groups (broad SMARTS) is 1. The standard InChI is InChI=1S/C50H54N6O20S/c1-5-27-28-18-26(8-9-32(28)52-40-29(27)20-56-34(40)19-31-30(45(56)64)23-72-48(67)50(31,69)6-2)74-24-54(15-16-77(4,70)71)49(68)73-22-25-7-10-35(75-47-43(63)41(61)42(62)44(76-47)46(65)66)33(17-25)51-36(57)21-53(3)37(58)13-14-55-38(59)11-12-39(55)60/h7-12,17-19,41-44,47,61-63,69H,5-6,13-16,20-24H2,1-4H3,(H,51,57)(H,65,66)/t41-,42-,43+,44-,47?,50-/m0/s1. The molecule has 27 heteroatoms. The zero-order valence-corrected chi connectivity index (χ0v) is 42.7. The van der Waals surface area contributed by atoms with Crippen molar-refractivity contribution in [2.24, 2.45) is 0 Å². The molecule has 5 amide bonds. The summed E-state index contributed by atoms with van der Waals surface area (Å²) < 4.78 is 54.0. The predicted octanol–water partition coefficient (Wildman–Crippen LogP) is -0.355. The molecule has 6 atom stereocenters. The number of nitrogens with one attached hydrogen (secondary N) is 1. The molecule has 0 aliphatic carbocycles. The Morgan fingerprint density at radius 1 is 0.961 bits per heavy atom. The van der Waals surface area contributed by atoms with Crippen LogP contribution >= 0.6 is 0 Å². The molecule has 0 bridgehead atoms. The second-order valence-electron chi connectivity index (χ2n) is 18.7. The summed E-state index contributed by atoms with van der Waals surface area (Å²) in [6, 6.07) is 10.3. The molecule has 4 aliphatic heterocycles. The van der Waals surface area contributed by atoms with E-state index in [-0.39, 0.29) is 73.0 Å². The number of aliphatic hydroxyl groups excluding tert-OH is 3. The van der Waals surface area contributed by atoms with Gasteiger partial charge in [-0.1, -0.05) is 19.9 Å². The van der Waals surface area contributed by atoms with Crippen LogP contribution in [0.25, 0.3) is 22.3 Å². The zero-order valence-electron chi connectivity index (χ0n) is 41.9. The van der Waals surface area contributed by atoms with Gasteiger partial charge >= 0.3 is 18.0 Å². The number of rotatable bonds is 19. The molecule has 0 spiro atoms. The van der Waals surface area contributed by atoms with E-state index in [1.807, 2.05) is 6.92 Å². The maximum atomic E-state index is 13.8. The van der Waals surface area contributed by atoms with Gasteiger partial charge in [0, 0.05) is 61.5 Å². The molecule has 0 saturated carbocycles. The number of hydrogen-bond donors (Lipinski definition) is 6. The Balaban J connectivity index is 0.994. The fourth-order valence-electron chi connectivity index (χ4n) is 9.19. The number of fused-ring (bicyclic) bond motifs is 5. The number of nitrogens with zero attached hydrogens (tertiary/aromatic N) is 5. The van der Waals surface area contributed by atoms with E-state index in [1.54, 1.807) is 31.2 Å². The predicted molar refractivity (Wildman–Crippen MR) is 264 cm³/mol. The summed E-state index contributed by atoms with van der Waals surface area (Å²) in [5.41, 5.74) is 0.883. The number of hydrogen-bond acceptors (Lipinski definition) is 20. The Morgan fingerprint density at radius 3 is 2.36 bits per heavy atom. The number of pyridine rings is 2. The van der Waals surface area contributed by atoms with Crippen molar-refractivity contribution in [3.05, 3.63) is 92.8 Å². The number of imide groups is 1. The van der Waals surface area contributed by atoms with Gasteiger partial charge < -0.3 is 64.0 Å². The quantitative estimate of drug-likeness (QED) is 0.0349. The number of benzene rings is 2. The van der Waals surface area contributed by atoms with Crippen LogP contribution in [0.3, 0.4) is 0 Å². The lowest BCUT2D eigenvalue weighted by atomic mass is 9.86. The highest BCUT2D eigenvalue weighted by atomic mass is 32.2. The van der Waals surface area contributed by atoms with Crippen molar-refractivity contribution in [1.29, 1.82) is 0 Å². The number of esters is 1. The van der Waals surface area contributed by atoms with Crippen LogP contribution in [0.4, 0.5) is 10.5 Å². The number of carboxylic acids is 1. The van der Waals surface area contributed by atoms with E-state index in [9.17, 15) is 72.3 Å². The van der Waals surface area contributed by atoms with Gasteiger partial charge in [-0.2, -0.15) is 0 Å². The number of cyclic esters (lactones) is 1. The molecule has 1 saturated heterocycles. The second kappa shape index (κ2) is 22.0. The van der Waals surface area contributed by atoms with Crippen molar-refractivity contribution in [3.8, 4) is 22.9 Å². The van der Waals surface area contributed by atoms with Crippen LogP contribution in [0.1, 0.15) is 54.5 Å². The van der Waals surface area contributed by atoms with Crippen molar-refractivity contribution < 1.29 is 91.2 Å². The van der Waals surface area contributed by atoms with Gasteiger partial charge in [0.25, 0.3) is 17.4 Å². The first kappa shape index (κ1) is 55.4. The summed E-state index contributed by atoms with van der Waals surface area (Å²) in [5, 5.41) is 55.3. The van der Waals surface area contributed by atoms with Crippen LogP contribution in [0.5, 0.6) is 11.5 Å². The molecule has 26 nitrogen and oxygen atoms in total. The summed E-state index contributed by atoms with van der Waals surface area (Å²) in [6.45, 7) is 1.10. The minimum absolute atomic E-state index is 0.0214. The number of sulfone groups is 1. The number of aliphatic carboxylic acids is 1. The normalized spacial score (nSPS) is 21.5. The lowest BCUT2D eigenvalue weighted by molar-refractivity contribution is -0.271. The Hall–Kier alpha value is -7.82. The van der Waals surface area contributed by atoms with Gasteiger partial charge in [0.1, 0.15) is 52.9 Å². The van der Waals surface area contributed by atoms with Crippen LogP contribution in [0.15, 0.2) is 59.4 Å². The molecule has 2 aromatic heterocycles. The lowest BCUT2D eigenvalue weighted by Crippen LogP contribution is -2.61. The summed E-state index contributed by atoms with van der Waals surface area (Å²) in [6.07, 6.45) is -7.90. The van der Waals surface area contributed by atoms with E-state index in [0.29, 0.717) is 28.7 Å². The second-order valence-corrected chi connectivity index (χ2v) is 20.9. The van der Waals surface area contributed by atoms with Gasteiger partial charge in [0.2, 0.25) is 18.1 Å². The smallest absolute Gasteiger partial charge is 0.412 e. The van der Waals surface area contributed by atoms with Crippen LogP contribution in [-0.2, 0) is 84.6 Å². The van der Waals surface area contributed by atoms with E-state index >= 15 is 0 Å². The first-order chi connectivity index (χ1) is 36.4. The third-order valence-electron chi connectivity index (χ3n) is 13.5. The molecule has 1 fully saturated rings. The van der Waals surface area contributed by atoms with E-state index in [0.717, 1.165) is 44.2 Å². The van der Waals surface area contributed by atoms with Crippen molar-refractivity contribution in [1.82, 2.24) is 24.3 Å². The molecular weight excluding hydrogens is 1040 g/mol. The zero-order chi connectivity index (χ0) is 55.8. The van der Waals surface area contributed by atoms with Crippen molar-refractivity contribution in [3.63, 3.8) is 0 Å². The number of anilines is 1. The fraction of sp³-hybridized carbons (Fsp3) is 0.420. The molecule has 4 aliphatic rings. The molecule has 410 valence electrons. The number of likely N-dealkylation sites (N-methyl/N-ethyl adjacent to an activating group) is 1. The number of carbonyl (C=O) groups excluding carboxylic acids is 6. The Kier molecular flexibility index (Phi) is 15.9. The number of amides is 5. The van der Waals surface area contributed by atoms with Gasteiger partial charge in [0.15, 0.2) is 18.4 Å². The van der Waals surface area contributed by atoms with Crippen LogP contribution in [0, 0.1) is 0 Å². The highest BCUT2D eigenvalue weighted by molar-refractivity contribution is 7.90. The molecule has 8 rings (SSSR count). The van der Waals surface area contributed by atoms with E-state index in [4.69, 9.17) is 28.7 Å². The number of aryl methyl sites for hydroxylation is 1. The molecule has 6 heterocycles. The Labute approximate surface area is 437 Å². The lowest BCUT2D eigenvalue weighted by Gasteiger charge is -2.38. The van der Waals surface area contributed by atoms with E-state index in [1.165, 1.54) is 29.8 Å². The highest BCUT2D eigenvalue weighted by Crippen LogP contribution is 2.41. The summed E-state index contributed by atoms with van der Waals surface area (Å²) >= 11 is 0. The average molecular weight is 1090 g/mol. The first-order valence-corrected chi connectivity index (χ1v) is 26.1. The van der Waals surface area contributed by atoms with E-state index in [2.05, 4.69) is 5.32 Å². The van der Waals surface area contributed by atoms with E-state index < -0.39 is 119 Å². The van der Waals surface area contributed by atoms with Crippen LogP contribution < -0.4 is 20.3 Å². The molecule has 2 aromatic carbocycles. The maximum Gasteiger partial charge on any atom is 0.412 e. The molecule has 0 radical (unpaired) electrons. The van der Waals surface area contributed by atoms with Crippen molar-refractivity contribution in [2.75, 3.05) is 50.7 Å². The van der Waals surface area contributed by atoms with Gasteiger partial charge in [-0.3, -0.25) is 33.8 Å². The maximum absolute atomic E-state index is 13.8. The van der Waals surface area contributed by atoms with Crippen molar-refractivity contribution >= 4 is 68.1 Å². The highest BCUT2D eigenvalue weighted by Gasteiger charge is 2.49.